The van der Waals surface area contributed by atoms with Crippen molar-refractivity contribution in [3.05, 3.63) is 34.9 Å². The summed E-state index contributed by atoms with van der Waals surface area (Å²) in [5.41, 5.74) is 8.91. The molecule has 1 fully saturated rings. The Morgan fingerprint density at radius 3 is 2.72 bits per heavy atom. The van der Waals surface area contributed by atoms with Gasteiger partial charge in [0.2, 0.25) is 0 Å². The largest absolute Gasteiger partial charge is 0.462 e. The molecule has 1 saturated carbocycles. The first-order chi connectivity index (χ1) is 8.34. The molecule has 1 aliphatic carbocycles. The maximum absolute atomic E-state index is 12.0. The van der Waals surface area contributed by atoms with Crippen LogP contribution in [0.3, 0.4) is 0 Å². The van der Waals surface area contributed by atoms with Crippen molar-refractivity contribution in [1.82, 2.24) is 0 Å². The van der Waals surface area contributed by atoms with E-state index in [0.717, 1.165) is 0 Å². The Labute approximate surface area is 108 Å². The van der Waals surface area contributed by atoms with E-state index < -0.39 is 5.54 Å². The molecule has 0 heterocycles. The molecule has 1 aliphatic rings. The van der Waals surface area contributed by atoms with Gasteiger partial charge in [-0.1, -0.05) is 23.8 Å². The summed E-state index contributed by atoms with van der Waals surface area (Å²) < 4.78 is 5.24. The highest BCUT2D eigenvalue weighted by molar-refractivity contribution is 5.87. The molecule has 2 rings (SSSR count). The van der Waals surface area contributed by atoms with Crippen molar-refractivity contribution < 1.29 is 9.53 Å². The first kappa shape index (κ1) is 13.1. The third kappa shape index (κ3) is 2.27. The maximum atomic E-state index is 12.0. The normalized spacial score (nSPS) is 26.2. The molecule has 98 valence electrons. The Morgan fingerprint density at radius 1 is 1.44 bits per heavy atom. The summed E-state index contributed by atoms with van der Waals surface area (Å²) in [6.45, 7) is 7.80. The molecule has 2 N–H and O–H groups in total. The van der Waals surface area contributed by atoms with Crippen molar-refractivity contribution >= 4 is 5.97 Å². The topological polar surface area (TPSA) is 52.3 Å². The molecule has 18 heavy (non-hydrogen) atoms. The SMILES string of the molecule is Cc1ccc(C)c(C2CC2(N)C(=O)OC(C)C)c1. The van der Waals surface area contributed by atoms with Gasteiger partial charge in [0, 0.05) is 5.92 Å². The van der Waals surface area contributed by atoms with Crippen LogP contribution in [-0.4, -0.2) is 17.6 Å². The van der Waals surface area contributed by atoms with Crippen LogP contribution in [0.2, 0.25) is 0 Å². The number of rotatable bonds is 3. The summed E-state index contributed by atoms with van der Waals surface area (Å²) in [5, 5.41) is 0. The molecule has 2 atom stereocenters. The van der Waals surface area contributed by atoms with E-state index in [2.05, 4.69) is 32.0 Å². The van der Waals surface area contributed by atoms with Gasteiger partial charge < -0.3 is 10.5 Å². The van der Waals surface area contributed by atoms with Crippen molar-refractivity contribution in [3.63, 3.8) is 0 Å². The zero-order valence-electron chi connectivity index (χ0n) is 11.5. The molecule has 0 radical (unpaired) electrons. The van der Waals surface area contributed by atoms with E-state index in [1.807, 2.05) is 13.8 Å². The van der Waals surface area contributed by atoms with Crippen molar-refractivity contribution in [3.8, 4) is 0 Å². The van der Waals surface area contributed by atoms with Gasteiger partial charge in [-0.3, -0.25) is 4.79 Å². The predicted octanol–water partition coefficient (Wildman–Crippen LogP) is 2.44. The fourth-order valence-electron chi connectivity index (χ4n) is 2.35. The first-order valence-electron chi connectivity index (χ1n) is 6.41. The Hall–Kier alpha value is -1.35. The minimum atomic E-state index is -0.817. The lowest BCUT2D eigenvalue weighted by Gasteiger charge is -2.15. The number of carbonyl (C=O) groups excluding carboxylic acids is 1. The second kappa shape index (κ2) is 4.39. The van der Waals surface area contributed by atoms with Gasteiger partial charge in [0.05, 0.1) is 6.10 Å². The van der Waals surface area contributed by atoms with Crippen LogP contribution in [0.4, 0.5) is 0 Å². The lowest BCUT2D eigenvalue weighted by atomic mass is 9.99. The van der Waals surface area contributed by atoms with Gasteiger partial charge in [0.1, 0.15) is 5.54 Å². The minimum Gasteiger partial charge on any atom is -0.462 e. The summed E-state index contributed by atoms with van der Waals surface area (Å²) in [4.78, 5) is 12.0. The van der Waals surface area contributed by atoms with Crippen LogP contribution < -0.4 is 5.73 Å². The monoisotopic (exact) mass is 247 g/mol. The molecule has 2 unspecified atom stereocenters. The van der Waals surface area contributed by atoms with E-state index >= 15 is 0 Å². The Kier molecular flexibility index (Phi) is 3.20. The quantitative estimate of drug-likeness (QED) is 0.835. The Morgan fingerprint density at radius 2 is 2.11 bits per heavy atom. The third-order valence-corrected chi connectivity index (χ3v) is 3.54. The fraction of sp³-hybridized carbons (Fsp3) is 0.533. The van der Waals surface area contributed by atoms with Gasteiger partial charge in [-0.25, -0.2) is 0 Å². The lowest BCUT2D eigenvalue weighted by Crippen LogP contribution is -2.38. The van der Waals surface area contributed by atoms with Crippen LogP contribution in [0.5, 0.6) is 0 Å². The summed E-state index contributed by atoms with van der Waals surface area (Å²) >= 11 is 0. The minimum absolute atomic E-state index is 0.101. The predicted molar refractivity (Wildman–Crippen MR) is 71.4 cm³/mol. The number of ether oxygens (including phenoxy) is 1. The molecule has 3 nitrogen and oxygen atoms in total. The standard InChI is InChI=1S/C15H21NO2/c1-9(2)18-14(17)15(16)8-13(15)12-7-10(3)5-6-11(12)4/h5-7,9,13H,8,16H2,1-4H3. The zero-order valence-corrected chi connectivity index (χ0v) is 11.5. The van der Waals surface area contributed by atoms with Gasteiger partial charge in [0.15, 0.2) is 0 Å². The van der Waals surface area contributed by atoms with Gasteiger partial charge in [-0.05, 0) is 45.2 Å². The average molecular weight is 247 g/mol. The third-order valence-electron chi connectivity index (χ3n) is 3.54. The van der Waals surface area contributed by atoms with Crippen molar-refractivity contribution in [2.24, 2.45) is 5.73 Å². The van der Waals surface area contributed by atoms with Crippen molar-refractivity contribution in [2.75, 3.05) is 0 Å². The summed E-state index contributed by atoms with van der Waals surface area (Å²) in [6.07, 6.45) is 0.570. The maximum Gasteiger partial charge on any atom is 0.327 e. The van der Waals surface area contributed by atoms with Crippen LogP contribution in [0.1, 0.15) is 42.9 Å². The fourth-order valence-corrected chi connectivity index (χ4v) is 2.35. The van der Waals surface area contributed by atoms with E-state index in [4.69, 9.17) is 10.5 Å². The molecule has 0 aromatic heterocycles. The van der Waals surface area contributed by atoms with E-state index in [0.29, 0.717) is 6.42 Å². The van der Waals surface area contributed by atoms with Crippen LogP contribution in [0.15, 0.2) is 18.2 Å². The average Bonchev–Trinajstić information content (AvgIpc) is 2.95. The van der Waals surface area contributed by atoms with Crippen LogP contribution in [0.25, 0.3) is 0 Å². The molecule has 3 heteroatoms. The second-order valence-corrected chi connectivity index (χ2v) is 5.61. The molecule has 1 aromatic rings. The highest BCUT2D eigenvalue weighted by atomic mass is 16.5. The highest BCUT2D eigenvalue weighted by Crippen LogP contribution is 2.51. The zero-order chi connectivity index (χ0) is 13.5. The van der Waals surface area contributed by atoms with Crippen LogP contribution in [-0.2, 0) is 9.53 Å². The molecular weight excluding hydrogens is 226 g/mol. The van der Waals surface area contributed by atoms with Crippen molar-refractivity contribution in [1.29, 1.82) is 0 Å². The number of esters is 1. The van der Waals surface area contributed by atoms with Crippen LogP contribution >= 0.6 is 0 Å². The molecule has 1 aromatic carbocycles. The number of carbonyl (C=O) groups is 1. The van der Waals surface area contributed by atoms with E-state index in [-0.39, 0.29) is 18.0 Å². The Bertz CT molecular complexity index is 481. The summed E-state index contributed by atoms with van der Waals surface area (Å²) in [7, 11) is 0. The highest BCUT2D eigenvalue weighted by Gasteiger charge is 2.59. The molecule has 0 aliphatic heterocycles. The Balaban J connectivity index is 2.19. The van der Waals surface area contributed by atoms with E-state index in [9.17, 15) is 4.79 Å². The lowest BCUT2D eigenvalue weighted by molar-refractivity contribution is -0.150. The number of nitrogens with two attached hydrogens (primary N) is 1. The number of aryl methyl sites for hydroxylation is 2. The van der Waals surface area contributed by atoms with Gasteiger partial charge in [0.25, 0.3) is 0 Å². The molecule has 0 amide bonds. The number of benzene rings is 1. The number of hydrogen-bond donors (Lipinski definition) is 1. The van der Waals surface area contributed by atoms with E-state index in [1.165, 1.54) is 16.7 Å². The first-order valence-corrected chi connectivity index (χ1v) is 6.41. The molecule has 0 saturated heterocycles. The van der Waals surface area contributed by atoms with Gasteiger partial charge in [-0.15, -0.1) is 0 Å². The van der Waals surface area contributed by atoms with Gasteiger partial charge >= 0.3 is 5.97 Å². The van der Waals surface area contributed by atoms with E-state index in [1.54, 1.807) is 0 Å². The second-order valence-electron chi connectivity index (χ2n) is 5.61. The smallest absolute Gasteiger partial charge is 0.327 e. The summed E-state index contributed by atoms with van der Waals surface area (Å²) in [6, 6.07) is 6.28. The van der Waals surface area contributed by atoms with Crippen molar-refractivity contribution in [2.45, 2.75) is 51.7 Å². The van der Waals surface area contributed by atoms with Crippen LogP contribution in [0, 0.1) is 13.8 Å². The summed E-state index contributed by atoms with van der Waals surface area (Å²) in [5.74, 6) is -0.174. The molecule has 0 bridgehead atoms. The molecule has 0 spiro atoms. The molecular formula is C15H21NO2. The van der Waals surface area contributed by atoms with Gasteiger partial charge in [-0.2, -0.15) is 0 Å². The number of hydrogen-bond acceptors (Lipinski definition) is 3.